The van der Waals surface area contributed by atoms with Gasteiger partial charge in [-0.3, -0.25) is 57.5 Å². The van der Waals surface area contributed by atoms with Gasteiger partial charge >= 0.3 is 6.18 Å². The molecule has 2 heterocycles. The molecule has 3 N–H and O–H groups in total. The second kappa shape index (κ2) is 36.6. The Balaban J connectivity index is 1.60. The van der Waals surface area contributed by atoms with Crippen LogP contribution in [0.2, 0.25) is 0 Å². The minimum Gasteiger partial charge on any atom is -0.343 e. The summed E-state index contributed by atoms with van der Waals surface area (Å²) in [6.45, 7) is 10.3. The van der Waals surface area contributed by atoms with Crippen molar-refractivity contribution in [2.24, 2.45) is 35.5 Å². The number of carbonyl (C=O) groups excluding carboxylic acids is 12. The topological polar surface area (TPSA) is 270 Å². The Bertz CT molecular complexity index is 2830. The molecule has 0 aromatic rings. The van der Waals surface area contributed by atoms with Crippen molar-refractivity contribution in [2.75, 3.05) is 89.1 Å². The van der Waals surface area contributed by atoms with Crippen LogP contribution in [0.25, 0.3) is 0 Å². The summed E-state index contributed by atoms with van der Waals surface area (Å²) in [6.07, 6.45) is 3.82. The summed E-state index contributed by atoms with van der Waals surface area (Å²) in [5.41, 5.74) is -1.82. The Labute approximate surface area is 588 Å². The fourth-order valence-corrected chi connectivity index (χ4v) is 15.6. The molecule has 5 aliphatic rings. The Morgan fingerprint density at radius 3 is 1.76 bits per heavy atom. The maximum Gasteiger partial charge on any atom is 0.393 e. The molecule has 29 heteroatoms. The van der Waals surface area contributed by atoms with Crippen LogP contribution in [-0.2, 0) is 57.5 Å². The average molecular weight is 1430 g/mol. The van der Waals surface area contributed by atoms with Gasteiger partial charge in [-0.1, -0.05) is 79.1 Å². The van der Waals surface area contributed by atoms with Gasteiger partial charge in [-0.2, -0.15) is 13.2 Å². The third kappa shape index (κ3) is 21.8. The SMILES string of the molecule is CC[C@H](C)[C@@H]1NC(=O)[C@H](C)N(C)C(=O)C[C@@H](C(=O)N2CCCC2)N(C)C(=O)[C@H](C(C)C)N(C)C(=O)C(C)(C)NC(=O)[C@H](CC2CCCCC2Cl)N(C)C(=O)[C@H](CCC2CCC(C(F)(F)F)C(Cl)C2)NC(=O)CN(C)C(=O)[C@H](CC2CCCCC2)N(C)C(=O)CN(C)C(=O)CN(C)C1=O. The second-order valence-corrected chi connectivity index (χ2v) is 30.8. The minimum atomic E-state index is -4.53. The maximum absolute atomic E-state index is 15.4. The molecule has 556 valence electrons. The zero-order chi connectivity index (χ0) is 73.6. The van der Waals surface area contributed by atoms with Gasteiger partial charge < -0.3 is 60.0 Å². The maximum atomic E-state index is 15.4. The summed E-state index contributed by atoms with van der Waals surface area (Å²) in [5, 5.41) is 6.78. The smallest absolute Gasteiger partial charge is 0.343 e. The van der Waals surface area contributed by atoms with Crippen molar-refractivity contribution in [1.29, 1.82) is 0 Å². The third-order valence-electron chi connectivity index (χ3n) is 21.6. The highest BCUT2D eigenvalue weighted by Crippen LogP contribution is 2.44. The quantitative estimate of drug-likeness (QED) is 0.212. The molecule has 3 aliphatic carbocycles. The van der Waals surface area contributed by atoms with E-state index in [-0.39, 0.29) is 56.8 Å². The fourth-order valence-electron chi connectivity index (χ4n) is 14.7. The van der Waals surface area contributed by atoms with Crippen LogP contribution in [0.3, 0.4) is 0 Å². The van der Waals surface area contributed by atoms with Gasteiger partial charge in [-0.05, 0) is 121 Å². The highest BCUT2D eigenvalue weighted by Gasteiger charge is 2.49. The average Bonchev–Trinajstić information content (AvgIpc) is 0.861. The number of alkyl halides is 5. The van der Waals surface area contributed by atoms with E-state index < -0.39 is 185 Å². The van der Waals surface area contributed by atoms with Crippen LogP contribution in [0, 0.1) is 35.5 Å². The van der Waals surface area contributed by atoms with E-state index in [0.29, 0.717) is 45.2 Å². The molecule has 0 aromatic carbocycles. The lowest BCUT2D eigenvalue weighted by atomic mass is 9.78. The van der Waals surface area contributed by atoms with Crippen LogP contribution in [0.1, 0.15) is 177 Å². The molecule has 0 spiro atoms. The Morgan fingerprint density at radius 2 is 1.17 bits per heavy atom. The molecule has 24 nitrogen and oxygen atoms in total. The number of likely N-dealkylation sites (tertiary alicyclic amines) is 1. The largest absolute Gasteiger partial charge is 0.393 e. The Morgan fingerprint density at radius 1 is 0.582 bits per heavy atom. The number of likely N-dealkylation sites (N-methyl/N-ethyl adjacent to an activating group) is 8. The normalized spacial score (nSPS) is 30.5. The van der Waals surface area contributed by atoms with Crippen molar-refractivity contribution < 1.29 is 70.7 Å². The van der Waals surface area contributed by atoms with E-state index in [9.17, 15) is 51.5 Å². The number of nitrogens with one attached hydrogen (secondary N) is 3. The first kappa shape index (κ1) is 82.7. The molecule has 0 bridgehead atoms. The number of nitrogens with zero attached hydrogens (tertiary/aromatic N) is 9. The fraction of sp³-hybridized carbons (Fsp3) is 0.826. The van der Waals surface area contributed by atoms with Crippen LogP contribution < -0.4 is 16.0 Å². The number of hydrogen-bond donors (Lipinski definition) is 3. The molecule has 2 saturated heterocycles. The predicted molar refractivity (Wildman–Crippen MR) is 365 cm³/mol. The zero-order valence-electron chi connectivity index (χ0n) is 60.7. The van der Waals surface area contributed by atoms with E-state index in [1.165, 1.54) is 91.9 Å². The summed E-state index contributed by atoms with van der Waals surface area (Å²) in [6, 6.07) is -9.09. The van der Waals surface area contributed by atoms with E-state index in [1.807, 2.05) is 6.92 Å². The lowest BCUT2D eigenvalue weighted by Crippen LogP contribution is -2.64. The molecule has 98 heavy (non-hydrogen) atoms. The van der Waals surface area contributed by atoms with Crippen molar-refractivity contribution in [1.82, 2.24) is 60.0 Å². The van der Waals surface area contributed by atoms with E-state index >= 15 is 19.2 Å². The van der Waals surface area contributed by atoms with Gasteiger partial charge in [0.2, 0.25) is 70.9 Å². The second-order valence-electron chi connectivity index (χ2n) is 29.7. The first-order chi connectivity index (χ1) is 45.7. The van der Waals surface area contributed by atoms with Gasteiger partial charge in [0.05, 0.1) is 32.0 Å². The molecule has 0 aromatic heterocycles. The van der Waals surface area contributed by atoms with Crippen molar-refractivity contribution in [3.63, 3.8) is 0 Å². The minimum absolute atomic E-state index is 0.00517. The van der Waals surface area contributed by atoms with Crippen LogP contribution >= 0.6 is 23.2 Å². The molecule has 5 fully saturated rings. The van der Waals surface area contributed by atoms with Crippen molar-refractivity contribution in [2.45, 2.75) is 242 Å². The van der Waals surface area contributed by atoms with Gasteiger partial charge in [-0.15, -0.1) is 23.2 Å². The van der Waals surface area contributed by atoms with Crippen molar-refractivity contribution >= 4 is 94.1 Å². The Hall–Kier alpha value is -5.99. The predicted octanol–water partition coefficient (Wildman–Crippen LogP) is 5.63. The first-order valence-electron chi connectivity index (χ1n) is 35.3. The van der Waals surface area contributed by atoms with E-state index in [1.54, 1.807) is 25.7 Å². The van der Waals surface area contributed by atoms with Gasteiger partial charge in [0.15, 0.2) is 0 Å². The molecule has 3 saturated carbocycles. The molecular weight excluding hydrogens is 1320 g/mol. The van der Waals surface area contributed by atoms with Crippen molar-refractivity contribution in [3.05, 3.63) is 0 Å². The molecule has 2 aliphatic heterocycles. The van der Waals surface area contributed by atoms with Gasteiger partial charge in [0.1, 0.15) is 47.8 Å². The summed E-state index contributed by atoms with van der Waals surface area (Å²) in [4.78, 5) is 187. The highest BCUT2D eigenvalue weighted by atomic mass is 35.5. The molecule has 5 unspecified atom stereocenters. The third-order valence-corrected chi connectivity index (χ3v) is 22.7. The first-order valence-corrected chi connectivity index (χ1v) is 36.2. The number of carbonyl (C=O) groups is 12. The van der Waals surface area contributed by atoms with E-state index in [0.717, 1.165) is 69.4 Å². The summed E-state index contributed by atoms with van der Waals surface area (Å²) < 4.78 is 42.1. The lowest BCUT2D eigenvalue weighted by Gasteiger charge is -2.41. The number of rotatable bonds is 11. The monoisotopic (exact) mass is 1430 g/mol. The van der Waals surface area contributed by atoms with Crippen LogP contribution in [0.5, 0.6) is 0 Å². The number of hydrogen-bond acceptors (Lipinski definition) is 12. The number of halogens is 5. The summed E-state index contributed by atoms with van der Waals surface area (Å²) >= 11 is 13.4. The van der Waals surface area contributed by atoms with E-state index in [2.05, 4.69) is 16.0 Å². The van der Waals surface area contributed by atoms with Crippen LogP contribution in [0.4, 0.5) is 13.2 Å². The van der Waals surface area contributed by atoms with Gasteiger partial charge in [0, 0.05) is 80.2 Å². The summed E-state index contributed by atoms with van der Waals surface area (Å²) in [7, 11) is 11.0. The lowest BCUT2D eigenvalue weighted by molar-refractivity contribution is -0.182. The molecule has 12 amide bonds. The standard InChI is InChI=1S/C69H113Cl2F3N12O12/c1-16-42(4)58-65(96)80(10)39-56(89)78(8)40-57(90)82(12)52(35-44-24-18-17-19-25-44)63(94)79(9)38-54(87)75-50(31-29-45-28-30-47(49(71)34-45)69(72,73)74)62(93)83(13)51(36-46-26-20-21-27-48(46)70)61(92)77-68(6,7)67(98)85(15)59(41(2)3)66(97)84(14)53(64(95)86-32-22-23-33-86)37-55(88)81(11)43(5)60(91)76-58/h41-53,58-59H,16-40H2,1-15H3,(H,75,87)(H,76,91)(H,77,92)/t42-,43-,45?,46?,47?,48?,49?,50-,51-,52-,53-,58-,59-/m0/s1. The van der Waals surface area contributed by atoms with E-state index in [4.69, 9.17) is 23.2 Å². The number of amides is 12. The zero-order valence-corrected chi connectivity index (χ0v) is 62.2. The van der Waals surface area contributed by atoms with Crippen molar-refractivity contribution in [3.8, 4) is 0 Å². The Kier molecular flexibility index (Phi) is 30.8. The van der Waals surface area contributed by atoms with Gasteiger partial charge in [0.25, 0.3) is 0 Å². The van der Waals surface area contributed by atoms with Crippen LogP contribution in [-0.4, -0.2) is 269 Å². The molecule has 5 rings (SSSR count). The molecule has 13 atom stereocenters. The summed E-state index contributed by atoms with van der Waals surface area (Å²) in [5.74, 6) is -11.9. The molecule has 0 radical (unpaired) electrons. The van der Waals surface area contributed by atoms with Crippen LogP contribution in [0.15, 0.2) is 0 Å². The highest BCUT2D eigenvalue weighted by molar-refractivity contribution is 6.21. The van der Waals surface area contributed by atoms with Gasteiger partial charge in [-0.25, -0.2) is 0 Å². The molecular formula is C69H113Cl2F3N12O12.